The fourth-order valence-corrected chi connectivity index (χ4v) is 5.93. The molecule has 0 aliphatic rings. The van der Waals surface area contributed by atoms with Crippen molar-refractivity contribution in [2.24, 2.45) is 0 Å². The third-order valence-electron chi connectivity index (χ3n) is 6.18. The molecule has 2 rings (SSSR count). The lowest BCUT2D eigenvalue weighted by Crippen LogP contribution is -2.42. The van der Waals surface area contributed by atoms with E-state index in [-0.39, 0.29) is 10.8 Å². The van der Waals surface area contributed by atoms with Crippen LogP contribution in [0.2, 0.25) is 0 Å². The first-order chi connectivity index (χ1) is 16.1. The highest BCUT2D eigenvalue weighted by Crippen LogP contribution is 2.24. The lowest BCUT2D eigenvalue weighted by Gasteiger charge is -2.30. The van der Waals surface area contributed by atoms with E-state index in [1.165, 1.54) is 4.31 Å². The summed E-state index contributed by atoms with van der Waals surface area (Å²) < 4.78 is 29.4. The number of aromatic nitrogens is 2. The van der Waals surface area contributed by atoms with E-state index in [2.05, 4.69) is 49.4 Å². The molecule has 1 aromatic carbocycles. The molecule has 2 aromatic rings. The van der Waals surface area contributed by atoms with Crippen LogP contribution in [0.1, 0.15) is 67.1 Å². The Labute approximate surface area is 205 Å². The summed E-state index contributed by atoms with van der Waals surface area (Å²) in [6.07, 6.45) is 1.78. The SMILES string of the molecule is CCCn1c(CCC(=O)NCCN(C(C)C)C(C)C)nc2cc(S(=O)(=O)N(CC)CC)ccc21. The van der Waals surface area contributed by atoms with Gasteiger partial charge in [-0.25, -0.2) is 13.4 Å². The van der Waals surface area contributed by atoms with Crippen LogP contribution in [0.4, 0.5) is 0 Å². The maximum Gasteiger partial charge on any atom is 0.243 e. The number of nitrogens with one attached hydrogen (secondary N) is 1. The number of hydrogen-bond donors (Lipinski definition) is 1. The van der Waals surface area contributed by atoms with Crippen molar-refractivity contribution in [2.75, 3.05) is 26.2 Å². The number of imidazole rings is 1. The van der Waals surface area contributed by atoms with Gasteiger partial charge in [0.15, 0.2) is 0 Å². The second kappa shape index (κ2) is 12.7. The molecule has 192 valence electrons. The van der Waals surface area contributed by atoms with Crippen LogP contribution in [-0.2, 0) is 27.8 Å². The van der Waals surface area contributed by atoms with Crippen LogP contribution >= 0.6 is 0 Å². The van der Waals surface area contributed by atoms with E-state index in [9.17, 15) is 13.2 Å². The summed E-state index contributed by atoms with van der Waals surface area (Å²) >= 11 is 0. The maximum atomic E-state index is 12.9. The average molecular weight is 494 g/mol. The summed E-state index contributed by atoms with van der Waals surface area (Å²) in [4.78, 5) is 19.8. The number of carbonyl (C=O) groups is 1. The molecule has 1 aromatic heterocycles. The van der Waals surface area contributed by atoms with Crippen molar-refractivity contribution in [1.29, 1.82) is 0 Å². The molecule has 1 amide bonds. The first-order valence-corrected chi connectivity index (χ1v) is 14.0. The van der Waals surface area contributed by atoms with Gasteiger partial charge in [-0.15, -0.1) is 0 Å². The molecule has 0 aliphatic heterocycles. The normalized spacial score (nSPS) is 12.6. The van der Waals surface area contributed by atoms with E-state index in [0.717, 1.165) is 30.9 Å². The summed E-state index contributed by atoms with van der Waals surface area (Å²) in [6.45, 7) is 17.5. The first kappa shape index (κ1) is 28.3. The van der Waals surface area contributed by atoms with Crippen LogP contribution in [0.15, 0.2) is 23.1 Å². The molecule has 34 heavy (non-hydrogen) atoms. The van der Waals surface area contributed by atoms with Crippen LogP contribution in [-0.4, -0.2) is 71.3 Å². The lowest BCUT2D eigenvalue weighted by atomic mass is 10.2. The van der Waals surface area contributed by atoms with Crippen molar-refractivity contribution in [2.45, 2.75) is 91.3 Å². The Morgan fingerprint density at radius 1 is 1.09 bits per heavy atom. The predicted molar refractivity (Wildman–Crippen MR) is 138 cm³/mol. The molecule has 0 atom stereocenters. The van der Waals surface area contributed by atoms with Crippen LogP contribution < -0.4 is 5.32 Å². The number of amides is 1. The molecule has 0 spiro atoms. The highest BCUT2D eigenvalue weighted by atomic mass is 32.2. The number of benzene rings is 1. The Morgan fingerprint density at radius 2 is 1.74 bits per heavy atom. The molecule has 0 unspecified atom stereocenters. The van der Waals surface area contributed by atoms with Gasteiger partial charge >= 0.3 is 0 Å². The highest BCUT2D eigenvalue weighted by Gasteiger charge is 2.23. The molecule has 9 heteroatoms. The third-order valence-corrected chi connectivity index (χ3v) is 8.23. The fourth-order valence-electron chi connectivity index (χ4n) is 4.45. The van der Waals surface area contributed by atoms with Crippen molar-refractivity contribution in [1.82, 2.24) is 24.1 Å². The number of hydrogen-bond acceptors (Lipinski definition) is 5. The smallest absolute Gasteiger partial charge is 0.243 e. The molecule has 1 N–H and O–H groups in total. The van der Waals surface area contributed by atoms with Gasteiger partial charge in [-0.05, 0) is 52.3 Å². The summed E-state index contributed by atoms with van der Waals surface area (Å²) in [5.74, 6) is 0.822. The van der Waals surface area contributed by atoms with E-state index < -0.39 is 10.0 Å². The van der Waals surface area contributed by atoms with Crippen LogP contribution in [0.3, 0.4) is 0 Å². The predicted octanol–water partition coefficient (Wildman–Crippen LogP) is 3.64. The second-order valence-electron chi connectivity index (χ2n) is 9.19. The minimum atomic E-state index is -3.55. The minimum Gasteiger partial charge on any atom is -0.355 e. The van der Waals surface area contributed by atoms with Crippen molar-refractivity contribution < 1.29 is 13.2 Å². The highest BCUT2D eigenvalue weighted by molar-refractivity contribution is 7.89. The molecule has 0 radical (unpaired) electrons. The van der Waals surface area contributed by atoms with Gasteiger partial charge < -0.3 is 9.88 Å². The van der Waals surface area contributed by atoms with Gasteiger partial charge in [0.1, 0.15) is 5.82 Å². The zero-order valence-electron chi connectivity index (χ0n) is 22.0. The van der Waals surface area contributed by atoms with Gasteiger partial charge in [-0.2, -0.15) is 4.31 Å². The summed E-state index contributed by atoms with van der Waals surface area (Å²) in [5.41, 5.74) is 1.56. The summed E-state index contributed by atoms with van der Waals surface area (Å²) in [6, 6.07) is 6.02. The van der Waals surface area contributed by atoms with Gasteiger partial charge in [0, 0.05) is 57.6 Å². The van der Waals surface area contributed by atoms with Crippen molar-refractivity contribution >= 4 is 27.0 Å². The van der Waals surface area contributed by atoms with Crippen molar-refractivity contribution in [3.8, 4) is 0 Å². The van der Waals surface area contributed by atoms with Crippen LogP contribution in [0.25, 0.3) is 11.0 Å². The number of fused-ring (bicyclic) bond motifs is 1. The van der Waals surface area contributed by atoms with Crippen molar-refractivity contribution in [3.63, 3.8) is 0 Å². The molecule has 0 bridgehead atoms. The van der Waals surface area contributed by atoms with E-state index in [4.69, 9.17) is 4.98 Å². The standard InChI is InChI=1S/C25H43N5O3S/c1-8-16-30-23-12-11-21(34(32,33)28(9-2)10-3)18-22(23)27-24(30)13-14-25(31)26-15-17-29(19(4)5)20(6)7/h11-12,18-20H,8-10,13-17H2,1-7H3,(H,26,31). The topological polar surface area (TPSA) is 87.5 Å². The third kappa shape index (κ3) is 6.79. The Morgan fingerprint density at radius 3 is 2.29 bits per heavy atom. The van der Waals surface area contributed by atoms with E-state index in [1.807, 2.05) is 19.9 Å². The number of rotatable bonds is 14. The molecule has 1 heterocycles. The Hall–Kier alpha value is -1.97. The van der Waals surface area contributed by atoms with Crippen LogP contribution in [0, 0.1) is 0 Å². The molecule has 8 nitrogen and oxygen atoms in total. The van der Waals surface area contributed by atoms with Crippen LogP contribution in [0.5, 0.6) is 0 Å². The quantitative estimate of drug-likeness (QED) is 0.434. The van der Waals surface area contributed by atoms with Gasteiger partial charge in [0.2, 0.25) is 15.9 Å². The average Bonchev–Trinajstić information content (AvgIpc) is 3.12. The van der Waals surface area contributed by atoms with Crippen molar-refractivity contribution in [3.05, 3.63) is 24.0 Å². The first-order valence-electron chi connectivity index (χ1n) is 12.6. The Balaban J connectivity index is 2.15. The molecular weight excluding hydrogens is 450 g/mol. The number of aryl methyl sites for hydroxylation is 2. The zero-order valence-corrected chi connectivity index (χ0v) is 22.8. The van der Waals surface area contributed by atoms with E-state index in [1.54, 1.807) is 12.1 Å². The fraction of sp³-hybridized carbons (Fsp3) is 0.680. The molecule has 0 saturated heterocycles. The number of sulfonamides is 1. The second-order valence-corrected chi connectivity index (χ2v) is 11.1. The number of carbonyl (C=O) groups excluding carboxylic acids is 1. The summed E-state index contributed by atoms with van der Waals surface area (Å²) in [7, 11) is -3.55. The number of nitrogens with zero attached hydrogens (tertiary/aromatic N) is 4. The molecule has 0 aliphatic carbocycles. The summed E-state index contributed by atoms with van der Waals surface area (Å²) in [5, 5.41) is 3.03. The van der Waals surface area contributed by atoms with E-state index in [0.29, 0.717) is 50.1 Å². The zero-order chi connectivity index (χ0) is 25.5. The lowest BCUT2D eigenvalue weighted by molar-refractivity contribution is -0.121. The van der Waals surface area contributed by atoms with Gasteiger partial charge in [0.05, 0.1) is 15.9 Å². The van der Waals surface area contributed by atoms with Gasteiger partial charge in [-0.1, -0.05) is 20.8 Å². The van der Waals surface area contributed by atoms with E-state index >= 15 is 0 Å². The maximum absolute atomic E-state index is 12.9. The monoisotopic (exact) mass is 493 g/mol. The van der Waals surface area contributed by atoms with Gasteiger partial charge in [-0.3, -0.25) is 9.69 Å². The largest absolute Gasteiger partial charge is 0.355 e. The minimum absolute atomic E-state index is 0.00682. The molecular formula is C25H43N5O3S. The van der Waals surface area contributed by atoms with Gasteiger partial charge in [0.25, 0.3) is 0 Å². The molecule has 0 saturated carbocycles. The Kier molecular flexibility index (Phi) is 10.5. The Bertz CT molecular complexity index is 1030. The molecule has 0 fully saturated rings.